The summed E-state index contributed by atoms with van der Waals surface area (Å²) in [5, 5.41) is 0. The minimum atomic E-state index is -0.0674. The Morgan fingerprint density at radius 3 is 3.00 bits per heavy atom. The zero-order valence-corrected chi connectivity index (χ0v) is 9.74. The Hall–Kier alpha value is -0.940. The zero-order valence-electron chi connectivity index (χ0n) is 8.15. The molecule has 1 saturated heterocycles. The largest absolute Gasteiger partial charge is 0.361 e. The molecule has 1 fully saturated rings. The van der Waals surface area contributed by atoms with Gasteiger partial charge in [0, 0.05) is 17.2 Å². The van der Waals surface area contributed by atoms with Gasteiger partial charge >= 0.3 is 0 Å². The van der Waals surface area contributed by atoms with Crippen molar-refractivity contribution >= 4 is 21.8 Å². The van der Waals surface area contributed by atoms with Crippen molar-refractivity contribution in [2.45, 2.75) is 6.42 Å². The molecule has 15 heavy (non-hydrogen) atoms. The molecular weight excluding hydrogens is 260 g/mol. The van der Waals surface area contributed by atoms with E-state index in [1.54, 1.807) is 17.2 Å². The van der Waals surface area contributed by atoms with Crippen molar-refractivity contribution in [1.29, 1.82) is 0 Å². The Balaban J connectivity index is 2.09. The zero-order chi connectivity index (χ0) is 10.7. The summed E-state index contributed by atoms with van der Waals surface area (Å²) < 4.78 is 6.09. The summed E-state index contributed by atoms with van der Waals surface area (Å²) >= 11 is 3.28. The van der Waals surface area contributed by atoms with Crippen LogP contribution in [0.15, 0.2) is 22.8 Å². The minimum absolute atomic E-state index is 0.0674. The third-order valence-corrected chi connectivity index (χ3v) is 2.67. The van der Waals surface area contributed by atoms with Crippen LogP contribution in [0, 0.1) is 0 Å². The predicted octanol–water partition coefficient (Wildman–Crippen LogP) is 1.66. The molecule has 5 heteroatoms. The lowest BCUT2D eigenvalue weighted by Gasteiger charge is -2.26. The van der Waals surface area contributed by atoms with E-state index in [0.717, 1.165) is 24.0 Å². The Morgan fingerprint density at radius 2 is 2.40 bits per heavy atom. The Morgan fingerprint density at radius 1 is 1.53 bits per heavy atom. The molecule has 2 heterocycles. The maximum absolute atomic E-state index is 11.9. The molecule has 0 unspecified atom stereocenters. The van der Waals surface area contributed by atoms with Crippen LogP contribution in [0.3, 0.4) is 0 Å². The third kappa shape index (κ3) is 2.54. The number of carbonyl (C=O) groups is 1. The third-order valence-electron chi connectivity index (χ3n) is 2.20. The van der Waals surface area contributed by atoms with Gasteiger partial charge in [0.1, 0.15) is 12.4 Å². The van der Waals surface area contributed by atoms with Crippen molar-refractivity contribution in [3.8, 4) is 0 Å². The van der Waals surface area contributed by atoms with Crippen LogP contribution >= 0.6 is 15.9 Å². The number of hydrogen-bond acceptors (Lipinski definition) is 3. The summed E-state index contributed by atoms with van der Waals surface area (Å²) in [6.45, 7) is 1.85. The number of carbonyl (C=O) groups excluding carboxylic acids is 1. The quantitative estimate of drug-likeness (QED) is 0.780. The molecule has 1 amide bonds. The molecule has 1 aliphatic rings. The first-order valence-electron chi connectivity index (χ1n) is 4.76. The van der Waals surface area contributed by atoms with Gasteiger partial charge < -0.3 is 9.64 Å². The van der Waals surface area contributed by atoms with E-state index in [2.05, 4.69) is 20.9 Å². The van der Waals surface area contributed by atoms with E-state index in [4.69, 9.17) is 4.74 Å². The summed E-state index contributed by atoms with van der Waals surface area (Å²) in [7, 11) is 0. The normalized spacial score (nSPS) is 16.5. The molecule has 0 radical (unpaired) electrons. The predicted molar refractivity (Wildman–Crippen MR) is 58.4 cm³/mol. The van der Waals surface area contributed by atoms with Crippen molar-refractivity contribution in [2.24, 2.45) is 0 Å². The summed E-state index contributed by atoms with van der Waals surface area (Å²) in [6.07, 6.45) is 2.51. The molecule has 1 aliphatic heterocycles. The van der Waals surface area contributed by atoms with Gasteiger partial charge in [-0.1, -0.05) is 0 Å². The molecule has 0 aliphatic carbocycles. The van der Waals surface area contributed by atoms with Crippen LogP contribution in [0.4, 0.5) is 0 Å². The highest BCUT2D eigenvalue weighted by Gasteiger charge is 2.19. The number of rotatable bonds is 1. The molecule has 0 saturated carbocycles. The highest BCUT2D eigenvalue weighted by Crippen LogP contribution is 2.11. The number of amides is 1. The molecule has 0 spiro atoms. The van der Waals surface area contributed by atoms with Gasteiger partial charge in [0.05, 0.1) is 6.61 Å². The summed E-state index contributed by atoms with van der Waals surface area (Å²) in [5.41, 5.74) is 0.462. The topological polar surface area (TPSA) is 42.4 Å². The Kier molecular flexibility index (Phi) is 3.33. The summed E-state index contributed by atoms with van der Waals surface area (Å²) in [4.78, 5) is 17.6. The van der Waals surface area contributed by atoms with Gasteiger partial charge in [0.15, 0.2) is 0 Å². The minimum Gasteiger partial charge on any atom is -0.361 e. The number of aromatic nitrogens is 1. The molecule has 4 nitrogen and oxygen atoms in total. The first-order chi connectivity index (χ1) is 7.27. The lowest BCUT2D eigenvalue weighted by atomic mass is 10.3. The molecular formula is C10H11BrN2O2. The molecule has 1 aromatic rings. The van der Waals surface area contributed by atoms with Crippen molar-refractivity contribution < 1.29 is 9.53 Å². The molecule has 1 aromatic heterocycles. The van der Waals surface area contributed by atoms with Crippen molar-refractivity contribution in [1.82, 2.24) is 9.88 Å². The fourth-order valence-corrected chi connectivity index (χ4v) is 1.66. The van der Waals surface area contributed by atoms with Gasteiger partial charge in [-0.15, -0.1) is 0 Å². The van der Waals surface area contributed by atoms with E-state index in [1.165, 1.54) is 0 Å². The van der Waals surface area contributed by atoms with Crippen molar-refractivity contribution in [2.75, 3.05) is 19.9 Å². The van der Waals surface area contributed by atoms with Crippen LogP contribution in [-0.2, 0) is 4.74 Å². The fourth-order valence-electron chi connectivity index (χ4n) is 1.42. The molecule has 2 rings (SSSR count). The van der Waals surface area contributed by atoms with E-state index in [-0.39, 0.29) is 5.91 Å². The van der Waals surface area contributed by atoms with Gasteiger partial charge in [0.25, 0.3) is 5.91 Å². The Bertz CT molecular complexity index is 347. The van der Waals surface area contributed by atoms with E-state index in [9.17, 15) is 4.79 Å². The lowest BCUT2D eigenvalue weighted by molar-refractivity contribution is -0.00603. The SMILES string of the molecule is O=C(c1ccc(Br)cn1)N1CCCOC1. The van der Waals surface area contributed by atoms with E-state index < -0.39 is 0 Å². The number of hydrogen-bond donors (Lipinski definition) is 0. The second-order valence-electron chi connectivity index (χ2n) is 3.32. The van der Waals surface area contributed by atoms with E-state index in [0.29, 0.717) is 12.4 Å². The van der Waals surface area contributed by atoms with Crippen molar-refractivity contribution in [3.05, 3.63) is 28.5 Å². The number of halogens is 1. The molecule has 80 valence electrons. The summed E-state index contributed by atoms with van der Waals surface area (Å²) in [5.74, 6) is -0.0674. The smallest absolute Gasteiger partial charge is 0.274 e. The fraction of sp³-hybridized carbons (Fsp3) is 0.400. The molecule has 0 aromatic carbocycles. The second kappa shape index (κ2) is 4.72. The lowest BCUT2D eigenvalue weighted by Crippen LogP contribution is -2.38. The van der Waals surface area contributed by atoms with Crippen LogP contribution in [-0.4, -0.2) is 35.7 Å². The van der Waals surface area contributed by atoms with E-state index >= 15 is 0 Å². The van der Waals surface area contributed by atoms with Gasteiger partial charge in [-0.05, 0) is 34.5 Å². The van der Waals surface area contributed by atoms with Gasteiger partial charge in [0.2, 0.25) is 0 Å². The monoisotopic (exact) mass is 270 g/mol. The van der Waals surface area contributed by atoms with Crippen LogP contribution in [0.1, 0.15) is 16.9 Å². The van der Waals surface area contributed by atoms with Gasteiger partial charge in [-0.25, -0.2) is 4.98 Å². The van der Waals surface area contributed by atoms with Gasteiger partial charge in [-0.2, -0.15) is 0 Å². The number of ether oxygens (including phenoxy) is 1. The maximum atomic E-state index is 11.9. The average Bonchev–Trinajstić information content (AvgIpc) is 2.30. The molecule has 0 N–H and O–H groups in total. The highest BCUT2D eigenvalue weighted by molar-refractivity contribution is 9.10. The highest BCUT2D eigenvalue weighted by atomic mass is 79.9. The van der Waals surface area contributed by atoms with Gasteiger partial charge in [-0.3, -0.25) is 4.79 Å². The standard InChI is InChI=1S/C10H11BrN2O2/c11-8-2-3-9(12-6-8)10(14)13-4-1-5-15-7-13/h2-3,6H,1,4-5,7H2. The van der Waals surface area contributed by atoms with Crippen LogP contribution in [0.2, 0.25) is 0 Å². The Labute approximate surface area is 96.4 Å². The molecule has 0 bridgehead atoms. The van der Waals surface area contributed by atoms with Crippen LogP contribution < -0.4 is 0 Å². The van der Waals surface area contributed by atoms with Crippen LogP contribution in [0.25, 0.3) is 0 Å². The molecule has 0 atom stereocenters. The van der Waals surface area contributed by atoms with Crippen LogP contribution in [0.5, 0.6) is 0 Å². The second-order valence-corrected chi connectivity index (χ2v) is 4.24. The first-order valence-corrected chi connectivity index (χ1v) is 5.55. The summed E-state index contributed by atoms with van der Waals surface area (Å²) in [6, 6.07) is 3.52. The first kappa shape index (κ1) is 10.6. The maximum Gasteiger partial charge on any atom is 0.274 e. The average molecular weight is 271 g/mol. The number of pyridine rings is 1. The van der Waals surface area contributed by atoms with E-state index in [1.807, 2.05) is 6.07 Å². The number of nitrogens with zero attached hydrogens (tertiary/aromatic N) is 2. The van der Waals surface area contributed by atoms with Crippen molar-refractivity contribution in [3.63, 3.8) is 0 Å².